The molecule has 0 aromatic heterocycles. The van der Waals surface area contributed by atoms with Crippen LogP contribution in [-0.4, -0.2) is 24.0 Å². The number of hydrogen-bond acceptors (Lipinski definition) is 3. The molecule has 0 fully saturated rings. The first kappa shape index (κ1) is 13.2. The van der Waals surface area contributed by atoms with Crippen LogP contribution in [0.5, 0.6) is 0 Å². The summed E-state index contributed by atoms with van der Waals surface area (Å²) in [5.41, 5.74) is 7.65. The monoisotopic (exact) mass is 198 g/mol. The minimum Gasteiger partial charge on any atom is -0.402 e. The molecule has 0 atom stereocenters. The van der Waals surface area contributed by atoms with Gasteiger partial charge in [-0.05, 0) is 17.9 Å². The lowest BCUT2D eigenvalue weighted by atomic mass is 10.0. The van der Waals surface area contributed by atoms with Gasteiger partial charge in [0.1, 0.15) is 0 Å². The molecule has 3 heteroatoms. The quantitative estimate of drug-likeness (QED) is 0.659. The van der Waals surface area contributed by atoms with Crippen molar-refractivity contribution < 1.29 is 5.11 Å². The van der Waals surface area contributed by atoms with Crippen molar-refractivity contribution in [3.8, 4) is 0 Å². The molecule has 0 aliphatic carbocycles. The molecular weight excluding hydrogens is 176 g/mol. The van der Waals surface area contributed by atoms with Crippen LogP contribution >= 0.6 is 0 Å². The predicted molar refractivity (Wildman–Crippen MR) is 61.3 cm³/mol. The molecule has 0 amide bonds. The maximum absolute atomic E-state index is 8.68. The van der Waals surface area contributed by atoms with Crippen LogP contribution in [0.25, 0.3) is 0 Å². The van der Waals surface area contributed by atoms with E-state index in [1.165, 1.54) is 0 Å². The van der Waals surface area contributed by atoms with E-state index in [9.17, 15) is 0 Å². The van der Waals surface area contributed by atoms with Crippen LogP contribution in [0.4, 0.5) is 0 Å². The van der Waals surface area contributed by atoms with Crippen molar-refractivity contribution in [3.63, 3.8) is 0 Å². The third-order valence-corrected chi connectivity index (χ3v) is 1.97. The maximum atomic E-state index is 8.68. The van der Waals surface area contributed by atoms with Crippen molar-refractivity contribution in [1.82, 2.24) is 0 Å². The van der Waals surface area contributed by atoms with E-state index >= 15 is 0 Å². The van der Waals surface area contributed by atoms with E-state index in [1.54, 1.807) is 0 Å². The summed E-state index contributed by atoms with van der Waals surface area (Å²) in [6.45, 7) is 8.79. The number of nitrogens with two attached hydrogens (primary N) is 1. The van der Waals surface area contributed by atoms with Gasteiger partial charge in [-0.3, -0.25) is 4.99 Å². The van der Waals surface area contributed by atoms with E-state index in [-0.39, 0.29) is 6.61 Å². The van der Waals surface area contributed by atoms with Gasteiger partial charge >= 0.3 is 0 Å². The first-order valence-electron chi connectivity index (χ1n) is 5.11. The number of rotatable bonds is 5. The van der Waals surface area contributed by atoms with Gasteiger partial charge in [0.25, 0.3) is 0 Å². The molecule has 3 nitrogen and oxygen atoms in total. The molecule has 0 aromatic carbocycles. The minimum atomic E-state index is 0.0889. The zero-order chi connectivity index (χ0) is 11.1. The Morgan fingerprint density at radius 1 is 1.29 bits per heavy atom. The molecule has 3 N–H and O–H groups in total. The molecule has 0 saturated carbocycles. The smallest absolute Gasteiger partial charge is 0.0627 e. The standard InChI is InChI=1S/C11H22N2O/c1-8(2)10(12)7-11(9(3)4)13-5-6-14/h7-9,14H,5-6,12H2,1-4H3. The Labute approximate surface area is 86.7 Å². The number of aliphatic hydroxyl groups excluding tert-OH is 1. The van der Waals surface area contributed by atoms with Crippen molar-refractivity contribution in [2.75, 3.05) is 13.2 Å². The van der Waals surface area contributed by atoms with Gasteiger partial charge in [-0.2, -0.15) is 0 Å². The summed E-state index contributed by atoms with van der Waals surface area (Å²) in [6, 6.07) is 0. The Morgan fingerprint density at radius 3 is 2.21 bits per heavy atom. The molecule has 0 unspecified atom stereocenters. The molecule has 0 heterocycles. The lowest BCUT2D eigenvalue weighted by molar-refractivity contribution is 0.306. The molecular formula is C11H22N2O. The van der Waals surface area contributed by atoms with Crippen LogP contribution in [0, 0.1) is 11.8 Å². The summed E-state index contributed by atoms with van der Waals surface area (Å²) in [7, 11) is 0. The zero-order valence-electron chi connectivity index (χ0n) is 9.62. The molecule has 0 saturated heterocycles. The summed E-state index contributed by atoms with van der Waals surface area (Å²) in [5.74, 6) is 0.687. The average molecular weight is 198 g/mol. The van der Waals surface area contributed by atoms with Crippen molar-refractivity contribution in [2.24, 2.45) is 22.6 Å². The highest BCUT2D eigenvalue weighted by molar-refractivity contribution is 5.96. The molecule has 0 aliphatic rings. The van der Waals surface area contributed by atoms with E-state index < -0.39 is 0 Å². The average Bonchev–Trinajstić information content (AvgIpc) is 2.10. The molecule has 0 radical (unpaired) electrons. The van der Waals surface area contributed by atoms with Crippen LogP contribution < -0.4 is 5.73 Å². The first-order valence-corrected chi connectivity index (χ1v) is 5.11. The third-order valence-electron chi connectivity index (χ3n) is 1.97. The highest BCUT2D eigenvalue weighted by atomic mass is 16.3. The highest BCUT2D eigenvalue weighted by Crippen LogP contribution is 2.06. The fourth-order valence-electron chi connectivity index (χ4n) is 0.911. The van der Waals surface area contributed by atoms with E-state index in [1.807, 2.05) is 6.08 Å². The summed E-state index contributed by atoms with van der Waals surface area (Å²) < 4.78 is 0. The maximum Gasteiger partial charge on any atom is 0.0627 e. The molecule has 82 valence electrons. The molecule has 14 heavy (non-hydrogen) atoms. The first-order chi connectivity index (χ1) is 6.49. The summed E-state index contributed by atoms with van der Waals surface area (Å²) in [6.07, 6.45) is 1.92. The van der Waals surface area contributed by atoms with E-state index in [0.717, 1.165) is 11.4 Å². The summed E-state index contributed by atoms with van der Waals surface area (Å²) in [4.78, 5) is 4.27. The normalized spacial score (nSPS) is 14.2. The van der Waals surface area contributed by atoms with Crippen molar-refractivity contribution >= 4 is 5.71 Å². The van der Waals surface area contributed by atoms with E-state index in [0.29, 0.717) is 18.4 Å². The van der Waals surface area contributed by atoms with Gasteiger partial charge < -0.3 is 10.8 Å². The number of aliphatic imine (C=N–C) groups is 1. The Morgan fingerprint density at radius 2 is 1.86 bits per heavy atom. The lowest BCUT2D eigenvalue weighted by Crippen LogP contribution is -2.13. The topological polar surface area (TPSA) is 58.6 Å². The zero-order valence-corrected chi connectivity index (χ0v) is 9.62. The Hall–Kier alpha value is -0.830. The fraction of sp³-hybridized carbons (Fsp3) is 0.727. The van der Waals surface area contributed by atoms with Gasteiger partial charge in [0.2, 0.25) is 0 Å². The second-order valence-corrected chi connectivity index (χ2v) is 3.98. The van der Waals surface area contributed by atoms with Gasteiger partial charge in [0, 0.05) is 11.4 Å². The Balaban J connectivity index is 4.60. The molecule has 0 spiro atoms. The summed E-state index contributed by atoms with van der Waals surface area (Å²) in [5, 5.41) is 8.68. The fourth-order valence-corrected chi connectivity index (χ4v) is 0.911. The van der Waals surface area contributed by atoms with Crippen molar-refractivity contribution in [1.29, 1.82) is 0 Å². The van der Waals surface area contributed by atoms with E-state index in [2.05, 4.69) is 32.7 Å². The number of nitrogens with zero attached hydrogens (tertiary/aromatic N) is 1. The lowest BCUT2D eigenvalue weighted by Gasteiger charge is -2.09. The van der Waals surface area contributed by atoms with Gasteiger partial charge in [0.05, 0.1) is 13.2 Å². The van der Waals surface area contributed by atoms with Gasteiger partial charge in [-0.25, -0.2) is 0 Å². The number of allylic oxidation sites excluding steroid dienone is 2. The largest absolute Gasteiger partial charge is 0.402 e. The summed E-state index contributed by atoms with van der Waals surface area (Å²) >= 11 is 0. The van der Waals surface area contributed by atoms with Crippen LogP contribution in [0.1, 0.15) is 27.7 Å². The van der Waals surface area contributed by atoms with Gasteiger partial charge in [-0.1, -0.05) is 27.7 Å². The van der Waals surface area contributed by atoms with Crippen LogP contribution in [0.3, 0.4) is 0 Å². The third kappa shape index (κ3) is 5.02. The molecule has 0 aliphatic heterocycles. The van der Waals surface area contributed by atoms with Crippen LogP contribution in [0.15, 0.2) is 16.8 Å². The Kier molecular flexibility index (Phi) is 6.21. The molecule has 0 rings (SSSR count). The second-order valence-electron chi connectivity index (χ2n) is 3.98. The number of hydrogen-bond donors (Lipinski definition) is 2. The molecule has 0 aromatic rings. The van der Waals surface area contributed by atoms with Crippen molar-refractivity contribution in [3.05, 3.63) is 11.8 Å². The van der Waals surface area contributed by atoms with Crippen LogP contribution in [0.2, 0.25) is 0 Å². The SMILES string of the molecule is CC(C)C(N)=CC(=NCCO)C(C)C. The van der Waals surface area contributed by atoms with Crippen LogP contribution in [-0.2, 0) is 0 Å². The van der Waals surface area contributed by atoms with Gasteiger partial charge in [0.15, 0.2) is 0 Å². The molecule has 0 bridgehead atoms. The van der Waals surface area contributed by atoms with Gasteiger partial charge in [-0.15, -0.1) is 0 Å². The number of aliphatic hydroxyl groups is 1. The predicted octanol–water partition coefficient (Wildman–Crippen LogP) is 1.57. The minimum absolute atomic E-state index is 0.0889. The Bertz CT molecular complexity index is 217. The second kappa shape index (κ2) is 6.60. The van der Waals surface area contributed by atoms with Crippen molar-refractivity contribution in [2.45, 2.75) is 27.7 Å². The van der Waals surface area contributed by atoms with E-state index in [4.69, 9.17) is 10.8 Å². The highest BCUT2D eigenvalue weighted by Gasteiger charge is 2.04.